The van der Waals surface area contributed by atoms with Crippen LogP contribution in [0.1, 0.15) is 42.4 Å². The number of carboxylic acid groups (broad SMARTS) is 1. The molecule has 2 aliphatic rings. The molecule has 0 heterocycles. The first-order valence-corrected chi connectivity index (χ1v) is 7.29. The van der Waals surface area contributed by atoms with E-state index in [0.29, 0.717) is 12.6 Å². The van der Waals surface area contributed by atoms with E-state index in [2.05, 4.69) is 23.1 Å². The summed E-state index contributed by atoms with van der Waals surface area (Å²) in [5.74, 6) is -0.695. The zero-order valence-electron chi connectivity index (χ0n) is 11.3. The third-order valence-corrected chi connectivity index (χ3v) is 4.22. The Morgan fingerprint density at radius 1 is 1.26 bits per heavy atom. The average molecular weight is 259 g/mol. The quantitative estimate of drug-likeness (QED) is 0.853. The van der Waals surface area contributed by atoms with Gasteiger partial charge in [-0.15, -0.1) is 0 Å². The van der Waals surface area contributed by atoms with Crippen molar-refractivity contribution in [3.8, 4) is 0 Å². The largest absolute Gasteiger partial charge is 0.481 e. The number of fused-ring (bicyclic) bond motifs is 1. The maximum atomic E-state index is 10.7. The number of nitrogens with zero attached hydrogens (tertiary/aromatic N) is 1. The van der Waals surface area contributed by atoms with Gasteiger partial charge in [-0.2, -0.15) is 0 Å². The normalized spacial score (nSPS) is 17.7. The molecule has 0 atom stereocenters. The van der Waals surface area contributed by atoms with Crippen LogP contribution in [-0.2, 0) is 24.2 Å². The van der Waals surface area contributed by atoms with Gasteiger partial charge < -0.3 is 5.11 Å². The van der Waals surface area contributed by atoms with E-state index >= 15 is 0 Å². The van der Waals surface area contributed by atoms with Crippen molar-refractivity contribution in [2.75, 3.05) is 6.54 Å². The fourth-order valence-electron chi connectivity index (χ4n) is 3.03. The van der Waals surface area contributed by atoms with E-state index in [1.807, 2.05) is 0 Å². The molecule has 0 bridgehead atoms. The van der Waals surface area contributed by atoms with Crippen molar-refractivity contribution in [2.24, 2.45) is 0 Å². The molecule has 3 heteroatoms. The minimum atomic E-state index is -0.695. The van der Waals surface area contributed by atoms with Crippen molar-refractivity contribution in [2.45, 2.75) is 51.1 Å². The third kappa shape index (κ3) is 3.16. The molecule has 19 heavy (non-hydrogen) atoms. The molecule has 2 aliphatic carbocycles. The first-order valence-electron chi connectivity index (χ1n) is 7.29. The fraction of sp³-hybridized carbons (Fsp3) is 0.562. The maximum absolute atomic E-state index is 10.7. The van der Waals surface area contributed by atoms with Crippen molar-refractivity contribution < 1.29 is 9.90 Å². The monoisotopic (exact) mass is 259 g/mol. The van der Waals surface area contributed by atoms with Gasteiger partial charge in [-0.3, -0.25) is 9.69 Å². The number of carboxylic acids is 1. The van der Waals surface area contributed by atoms with Gasteiger partial charge in [-0.1, -0.05) is 18.2 Å². The van der Waals surface area contributed by atoms with Crippen LogP contribution in [0.5, 0.6) is 0 Å². The molecule has 1 saturated carbocycles. The van der Waals surface area contributed by atoms with Crippen LogP contribution in [0.3, 0.4) is 0 Å². The lowest BCUT2D eigenvalue weighted by Crippen LogP contribution is -2.28. The van der Waals surface area contributed by atoms with Crippen LogP contribution in [0.25, 0.3) is 0 Å². The van der Waals surface area contributed by atoms with Gasteiger partial charge in [-0.05, 0) is 48.8 Å². The number of rotatable bonds is 6. The van der Waals surface area contributed by atoms with Crippen LogP contribution in [-0.4, -0.2) is 28.6 Å². The molecule has 1 aromatic rings. The molecular weight excluding hydrogens is 238 g/mol. The predicted octanol–water partition coefficient (Wildman–Crippen LogP) is 2.61. The Bertz CT molecular complexity index is 480. The Balaban J connectivity index is 1.66. The summed E-state index contributed by atoms with van der Waals surface area (Å²) >= 11 is 0. The second kappa shape index (κ2) is 5.33. The topological polar surface area (TPSA) is 40.5 Å². The van der Waals surface area contributed by atoms with E-state index < -0.39 is 5.97 Å². The minimum Gasteiger partial charge on any atom is -0.481 e. The number of benzene rings is 1. The van der Waals surface area contributed by atoms with Crippen LogP contribution in [0, 0.1) is 0 Å². The summed E-state index contributed by atoms with van der Waals surface area (Å²) in [4.78, 5) is 13.1. The van der Waals surface area contributed by atoms with Crippen molar-refractivity contribution >= 4 is 5.97 Å². The van der Waals surface area contributed by atoms with Gasteiger partial charge in [0.05, 0.1) is 6.42 Å². The lowest BCUT2D eigenvalue weighted by molar-refractivity contribution is -0.137. The molecule has 102 valence electrons. The first kappa shape index (κ1) is 12.7. The molecule has 3 rings (SSSR count). The van der Waals surface area contributed by atoms with Gasteiger partial charge in [0.25, 0.3) is 0 Å². The highest BCUT2D eigenvalue weighted by Gasteiger charge is 2.29. The molecule has 1 fully saturated rings. The molecule has 0 aliphatic heterocycles. The summed E-state index contributed by atoms with van der Waals surface area (Å²) in [5, 5.41) is 8.83. The zero-order valence-corrected chi connectivity index (χ0v) is 11.3. The van der Waals surface area contributed by atoms with E-state index in [1.165, 1.54) is 48.8 Å². The lowest BCUT2D eigenvalue weighted by atomic mass is 10.1. The Kier molecular flexibility index (Phi) is 3.56. The summed E-state index contributed by atoms with van der Waals surface area (Å²) in [6.45, 7) is 1.59. The molecule has 3 nitrogen and oxygen atoms in total. The predicted molar refractivity (Wildman–Crippen MR) is 74.2 cm³/mol. The standard InChI is InChI=1S/C16H21NO2/c18-16(19)8-9-17(15-6-7-15)11-12-4-5-13-2-1-3-14(13)10-12/h4-5,10,15H,1-3,6-9,11H2,(H,18,19). The van der Waals surface area contributed by atoms with Crippen molar-refractivity contribution in [1.29, 1.82) is 0 Å². The summed E-state index contributed by atoms with van der Waals surface area (Å²) in [5.41, 5.74) is 4.36. The van der Waals surface area contributed by atoms with Crippen LogP contribution < -0.4 is 0 Å². The van der Waals surface area contributed by atoms with E-state index in [4.69, 9.17) is 5.11 Å². The highest BCUT2D eigenvalue weighted by atomic mass is 16.4. The van der Waals surface area contributed by atoms with Gasteiger partial charge in [0.2, 0.25) is 0 Å². The second-order valence-electron chi connectivity index (χ2n) is 5.80. The lowest BCUT2D eigenvalue weighted by Gasteiger charge is -2.21. The molecule has 1 N–H and O–H groups in total. The maximum Gasteiger partial charge on any atom is 0.304 e. The first-order chi connectivity index (χ1) is 9.22. The van der Waals surface area contributed by atoms with Crippen molar-refractivity contribution in [3.05, 3.63) is 34.9 Å². The summed E-state index contributed by atoms with van der Waals surface area (Å²) in [7, 11) is 0. The molecule has 0 radical (unpaired) electrons. The van der Waals surface area contributed by atoms with Gasteiger partial charge in [0.1, 0.15) is 0 Å². The third-order valence-electron chi connectivity index (χ3n) is 4.22. The highest BCUT2D eigenvalue weighted by Crippen LogP contribution is 2.29. The second-order valence-corrected chi connectivity index (χ2v) is 5.80. The van der Waals surface area contributed by atoms with Crippen LogP contribution in [0.2, 0.25) is 0 Å². The highest BCUT2D eigenvalue weighted by molar-refractivity contribution is 5.66. The van der Waals surface area contributed by atoms with Gasteiger partial charge in [0.15, 0.2) is 0 Å². The number of carbonyl (C=O) groups is 1. The van der Waals surface area contributed by atoms with Crippen LogP contribution >= 0.6 is 0 Å². The van der Waals surface area contributed by atoms with Gasteiger partial charge in [-0.25, -0.2) is 0 Å². The van der Waals surface area contributed by atoms with Crippen LogP contribution in [0.4, 0.5) is 0 Å². The summed E-state index contributed by atoms with van der Waals surface area (Å²) < 4.78 is 0. The number of hydrogen-bond acceptors (Lipinski definition) is 2. The van der Waals surface area contributed by atoms with Gasteiger partial charge >= 0.3 is 5.97 Å². The SMILES string of the molecule is O=C(O)CCN(Cc1ccc2c(c1)CCC2)C1CC1. The van der Waals surface area contributed by atoms with E-state index in [9.17, 15) is 4.79 Å². The van der Waals surface area contributed by atoms with E-state index in [0.717, 1.165) is 6.54 Å². The molecule has 0 aromatic heterocycles. The molecule has 0 saturated heterocycles. The zero-order chi connectivity index (χ0) is 13.2. The molecule has 1 aromatic carbocycles. The Morgan fingerprint density at radius 2 is 2.05 bits per heavy atom. The van der Waals surface area contributed by atoms with Crippen molar-refractivity contribution in [1.82, 2.24) is 4.90 Å². The molecule has 0 amide bonds. The number of aliphatic carboxylic acids is 1. The van der Waals surface area contributed by atoms with Crippen molar-refractivity contribution in [3.63, 3.8) is 0 Å². The Morgan fingerprint density at radius 3 is 2.79 bits per heavy atom. The average Bonchev–Trinajstić information content (AvgIpc) is 3.12. The molecule has 0 unspecified atom stereocenters. The molecule has 0 spiro atoms. The fourth-order valence-corrected chi connectivity index (χ4v) is 3.03. The van der Waals surface area contributed by atoms with E-state index in [-0.39, 0.29) is 6.42 Å². The smallest absolute Gasteiger partial charge is 0.304 e. The summed E-state index contributed by atoms with van der Waals surface area (Å²) in [6, 6.07) is 7.44. The Hall–Kier alpha value is -1.35. The van der Waals surface area contributed by atoms with Gasteiger partial charge in [0, 0.05) is 19.1 Å². The Labute approximate surface area is 114 Å². The van der Waals surface area contributed by atoms with E-state index in [1.54, 1.807) is 0 Å². The number of aryl methyl sites for hydroxylation is 2. The molecular formula is C16H21NO2. The number of hydrogen-bond donors (Lipinski definition) is 1. The van der Waals surface area contributed by atoms with Crippen LogP contribution in [0.15, 0.2) is 18.2 Å². The summed E-state index contributed by atoms with van der Waals surface area (Å²) in [6.07, 6.45) is 6.42. The minimum absolute atomic E-state index is 0.251.